The van der Waals surface area contributed by atoms with E-state index in [1.165, 1.54) is 31.4 Å². The Hall–Kier alpha value is -2.58. The number of esters is 1. The van der Waals surface area contributed by atoms with E-state index in [1.54, 1.807) is 30.0 Å². The van der Waals surface area contributed by atoms with Crippen LogP contribution in [0.25, 0.3) is 6.08 Å². The minimum Gasteiger partial charge on any atom is -0.465 e. The third-order valence-electron chi connectivity index (χ3n) is 4.01. The molecule has 1 N–H and O–H groups in total. The minimum absolute atomic E-state index is 0.00997. The van der Waals surface area contributed by atoms with Crippen molar-refractivity contribution < 1.29 is 17.9 Å². The first-order chi connectivity index (χ1) is 13.4. The molecule has 2 aromatic carbocycles. The molecule has 1 heterocycles. The Balaban J connectivity index is 1.83. The van der Waals surface area contributed by atoms with Crippen molar-refractivity contribution in [1.82, 2.24) is 0 Å². The van der Waals surface area contributed by atoms with Gasteiger partial charge in [0.15, 0.2) is 0 Å². The standard InChI is InChI=1S/C20H20N2O4S2/c1-14(19-21-9-10-27-19)11-15-5-3-7-17(12-15)22-28(24,25)18-8-4-6-16(13-18)20(23)26-2/h3-8,11-13,22H,9-10H2,1-2H3/b14-11+. The number of ether oxygens (including phenoxy) is 1. The fraction of sp³-hybridized carbons (Fsp3) is 0.200. The van der Waals surface area contributed by atoms with E-state index >= 15 is 0 Å². The lowest BCUT2D eigenvalue weighted by Gasteiger charge is -2.10. The summed E-state index contributed by atoms with van der Waals surface area (Å²) in [6.07, 6.45) is 1.98. The van der Waals surface area contributed by atoms with Gasteiger partial charge in [-0.2, -0.15) is 0 Å². The van der Waals surface area contributed by atoms with Crippen LogP contribution in [0.15, 0.2) is 64.0 Å². The van der Waals surface area contributed by atoms with Crippen LogP contribution in [-0.4, -0.2) is 38.8 Å². The number of nitrogens with one attached hydrogen (secondary N) is 1. The van der Waals surface area contributed by atoms with E-state index in [0.717, 1.165) is 28.5 Å². The van der Waals surface area contributed by atoms with E-state index in [0.29, 0.717) is 5.69 Å². The molecule has 0 saturated carbocycles. The van der Waals surface area contributed by atoms with E-state index in [4.69, 9.17) is 0 Å². The number of sulfonamides is 1. The van der Waals surface area contributed by atoms with Gasteiger partial charge < -0.3 is 4.74 Å². The molecular formula is C20H20N2O4S2. The lowest BCUT2D eigenvalue weighted by Crippen LogP contribution is -2.14. The summed E-state index contributed by atoms with van der Waals surface area (Å²) in [6, 6.07) is 12.8. The van der Waals surface area contributed by atoms with Crippen LogP contribution in [-0.2, 0) is 14.8 Å². The molecule has 2 aromatic rings. The topological polar surface area (TPSA) is 84.8 Å². The van der Waals surface area contributed by atoms with Gasteiger partial charge in [0, 0.05) is 18.0 Å². The van der Waals surface area contributed by atoms with E-state index in [-0.39, 0.29) is 10.5 Å². The highest BCUT2D eigenvalue weighted by molar-refractivity contribution is 8.14. The highest BCUT2D eigenvalue weighted by atomic mass is 32.2. The summed E-state index contributed by atoms with van der Waals surface area (Å²) in [5.74, 6) is 0.401. The first kappa shape index (κ1) is 20.2. The van der Waals surface area contributed by atoms with Crippen molar-refractivity contribution in [1.29, 1.82) is 0 Å². The maximum atomic E-state index is 12.7. The van der Waals surface area contributed by atoms with Crippen LogP contribution in [0.4, 0.5) is 5.69 Å². The molecule has 28 heavy (non-hydrogen) atoms. The Labute approximate surface area is 168 Å². The molecule has 0 amide bonds. The maximum absolute atomic E-state index is 12.7. The summed E-state index contributed by atoms with van der Waals surface area (Å²) in [5.41, 5.74) is 2.53. The van der Waals surface area contributed by atoms with Gasteiger partial charge in [0.25, 0.3) is 10.0 Å². The van der Waals surface area contributed by atoms with Gasteiger partial charge in [0.05, 0.1) is 22.6 Å². The van der Waals surface area contributed by atoms with Crippen molar-refractivity contribution in [3.8, 4) is 0 Å². The summed E-state index contributed by atoms with van der Waals surface area (Å²) in [7, 11) is -2.60. The van der Waals surface area contributed by atoms with Crippen LogP contribution in [0.3, 0.4) is 0 Å². The zero-order valence-corrected chi connectivity index (χ0v) is 17.1. The smallest absolute Gasteiger partial charge is 0.337 e. The Morgan fingerprint density at radius 1 is 1.21 bits per heavy atom. The Morgan fingerprint density at radius 3 is 2.71 bits per heavy atom. The fourth-order valence-electron chi connectivity index (χ4n) is 2.70. The zero-order chi connectivity index (χ0) is 20.1. The van der Waals surface area contributed by atoms with Crippen molar-refractivity contribution in [3.05, 3.63) is 65.2 Å². The number of thioether (sulfide) groups is 1. The summed E-state index contributed by atoms with van der Waals surface area (Å²) in [4.78, 5) is 16.1. The van der Waals surface area contributed by atoms with Crippen molar-refractivity contribution in [2.24, 2.45) is 4.99 Å². The number of carbonyl (C=O) groups is 1. The molecule has 0 unspecified atom stereocenters. The predicted octanol–water partition coefficient (Wildman–Crippen LogP) is 3.82. The molecule has 3 rings (SSSR count). The van der Waals surface area contributed by atoms with Gasteiger partial charge in [-0.1, -0.05) is 18.2 Å². The van der Waals surface area contributed by atoms with Gasteiger partial charge in [0.2, 0.25) is 0 Å². The van der Waals surface area contributed by atoms with Crippen molar-refractivity contribution in [3.63, 3.8) is 0 Å². The van der Waals surface area contributed by atoms with Crippen LogP contribution >= 0.6 is 11.8 Å². The molecule has 6 nitrogen and oxygen atoms in total. The van der Waals surface area contributed by atoms with E-state index < -0.39 is 16.0 Å². The summed E-state index contributed by atoms with van der Waals surface area (Å²) in [5, 5.41) is 1.02. The van der Waals surface area contributed by atoms with Crippen LogP contribution in [0, 0.1) is 0 Å². The highest BCUT2D eigenvalue weighted by Gasteiger charge is 2.17. The Kier molecular flexibility index (Phi) is 6.21. The second-order valence-corrected chi connectivity index (χ2v) is 8.88. The number of hydrogen-bond acceptors (Lipinski definition) is 6. The molecule has 0 aliphatic carbocycles. The second-order valence-electron chi connectivity index (χ2n) is 6.11. The molecule has 146 valence electrons. The largest absolute Gasteiger partial charge is 0.465 e. The molecular weight excluding hydrogens is 396 g/mol. The molecule has 0 spiro atoms. The Bertz CT molecular complexity index is 1060. The maximum Gasteiger partial charge on any atom is 0.337 e. The van der Waals surface area contributed by atoms with Gasteiger partial charge >= 0.3 is 5.97 Å². The van der Waals surface area contributed by atoms with Crippen molar-refractivity contribution in [2.75, 3.05) is 24.1 Å². The molecule has 0 atom stereocenters. The zero-order valence-electron chi connectivity index (χ0n) is 15.5. The molecule has 0 bridgehead atoms. The number of benzene rings is 2. The fourth-order valence-corrected chi connectivity index (χ4v) is 4.64. The molecule has 0 radical (unpaired) electrons. The number of methoxy groups -OCH3 is 1. The molecule has 0 aromatic heterocycles. The SMILES string of the molecule is COC(=O)c1cccc(S(=O)(=O)Nc2cccc(/C=C(\C)C3=NCCS3)c2)c1. The number of nitrogens with zero attached hydrogens (tertiary/aromatic N) is 1. The number of carbonyl (C=O) groups excluding carboxylic acids is 1. The predicted molar refractivity (Wildman–Crippen MR) is 113 cm³/mol. The second kappa shape index (κ2) is 8.62. The first-order valence-electron chi connectivity index (χ1n) is 8.56. The summed E-state index contributed by atoms with van der Waals surface area (Å²) < 4.78 is 32.6. The number of aliphatic imine (C=N–C) groups is 1. The van der Waals surface area contributed by atoms with Crippen LogP contribution in [0.5, 0.6) is 0 Å². The molecule has 0 fully saturated rings. The third kappa shape index (κ3) is 4.82. The van der Waals surface area contributed by atoms with E-state index in [9.17, 15) is 13.2 Å². The van der Waals surface area contributed by atoms with Crippen molar-refractivity contribution in [2.45, 2.75) is 11.8 Å². The van der Waals surface area contributed by atoms with Crippen LogP contribution in [0.1, 0.15) is 22.8 Å². The molecule has 8 heteroatoms. The Morgan fingerprint density at radius 2 is 2.00 bits per heavy atom. The molecule has 0 saturated heterocycles. The average molecular weight is 417 g/mol. The number of anilines is 1. The van der Waals surface area contributed by atoms with E-state index in [1.807, 2.05) is 19.1 Å². The summed E-state index contributed by atoms with van der Waals surface area (Å²) >= 11 is 1.72. The minimum atomic E-state index is -3.84. The molecule has 1 aliphatic heterocycles. The van der Waals surface area contributed by atoms with E-state index in [2.05, 4.69) is 14.5 Å². The van der Waals surface area contributed by atoms with Gasteiger partial charge in [-0.3, -0.25) is 9.71 Å². The van der Waals surface area contributed by atoms with Gasteiger partial charge in [0.1, 0.15) is 0 Å². The monoisotopic (exact) mass is 416 g/mol. The van der Waals surface area contributed by atoms with Crippen LogP contribution in [0.2, 0.25) is 0 Å². The lowest BCUT2D eigenvalue weighted by atomic mass is 10.1. The van der Waals surface area contributed by atoms with Gasteiger partial charge in [-0.25, -0.2) is 13.2 Å². The van der Waals surface area contributed by atoms with Gasteiger partial charge in [-0.15, -0.1) is 11.8 Å². The number of rotatable bonds is 6. The van der Waals surface area contributed by atoms with Crippen LogP contribution < -0.4 is 4.72 Å². The first-order valence-corrected chi connectivity index (χ1v) is 11.0. The quantitative estimate of drug-likeness (QED) is 0.724. The average Bonchev–Trinajstić information content (AvgIpc) is 3.22. The molecule has 1 aliphatic rings. The third-order valence-corrected chi connectivity index (χ3v) is 6.50. The van der Waals surface area contributed by atoms with Gasteiger partial charge in [-0.05, 0) is 54.5 Å². The normalized spacial score (nSPS) is 14.5. The highest BCUT2D eigenvalue weighted by Crippen LogP contribution is 2.23. The van der Waals surface area contributed by atoms with Crippen molar-refractivity contribution >= 4 is 44.6 Å². The lowest BCUT2D eigenvalue weighted by molar-refractivity contribution is 0.0600. The number of hydrogen-bond donors (Lipinski definition) is 1. The summed E-state index contributed by atoms with van der Waals surface area (Å²) in [6.45, 7) is 2.82.